The fourth-order valence-electron chi connectivity index (χ4n) is 2.38. The second-order valence-electron chi connectivity index (χ2n) is 4.69. The Labute approximate surface area is 107 Å². The van der Waals surface area contributed by atoms with E-state index in [4.69, 9.17) is 15.2 Å². The summed E-state index contributed by atoms with van der Waals surface area (Å²) in [4.78, 5) is 4.29. The zero-order valence-corrected chi connectivity index (χ0v) is 10.6. The summed E-state index contributed by atoms with van der Waals surface area (Å²) in [5.74, 6) is 0.505. The molecule has 3 N–H and O–H groups in total. The monoisotopic (exact) mass is 252 g/mol. The smallest absolute Gasteiger partial charge is 0.213 e. The standard InChI is InChI=1S/C13H20N2O3/c1-17-11-4-2-3-10(15-11)12(16)13(9-14)5-7-18-8-6-13/h2-4,12,16H,5-9,14H2,1H3. The predicted octanol–water partition coefficient (Wildman–Crippen LogP) is 0.879. The van der Waals surface area contributed by atoms with Crippen LogP contribution < -0.4 is 10.5 Å². The predicted molar refractivity (Wildman–Crippen MR) is 67.3 cm³/mol. The Morgan fingerprint density at radius 1 is 1.50 bits per heavy atom. The minimum Gasteiger partial charge on any atom is -0.481 e. The number of rotatable bonds is 4. The lowest BCUT2D eigenvalue weighted by atomic mass is 9.74. The van der Waals surface area contributed by atoms with E-state index in [0.717, 1.165) is 12.8 Å². The molecule has 100 valence electrons. The van der Waals surface area contributed by atoms with Gasteiger partial charge in [0.05, 0.1) is 12.8 Å². The highest BCUT2D eigenvalue weighted by molar-refractivity contribution is 5.19. The number of aromatic nitrogens is 1. The van der Waals surface area contributed by atoms with Crippen LogP contribution in [0.3, 0.4) is 0 Å². The second-order valence-corrected chi connectivity index (χ2v) is 4.69. The third-order valence-electron chi connectivity index (χ3n) is 3.71. The van der Waals surface area contributed by atoms with Crippen molar-refractivity contribution >= 4 is 0 Å². The summed E-state index contributed by atoms with van der Waals surface area (Å²) < 4.78 is 10.4. The molecule has 2 heterocycles. The number of methoxy groups -OCH3 is 1. The molecule has 1 atom stereocenters. The lowest BCUT2D eigenvalue weighted by Crippen LogP contribution is -2.42. The van der Waals surface area contributed by atoms with Crippen LogP contribution in [0, 0.1) is 5.41 Å². The van der Waals surface area contributed by atoms with Crippen molar-refractivity contribution in [2.24, 2.45) is 11.1 Å². The van der Waals surface area contributed by atoms with Crippen molar-refractivity contribution in [1.29, 1.82) is 0 Å². The number of aliphatic hydroxyl groups excluding tert-OH is 1. The molecule has 1 aromatic heterocycles. The van der Waals surface area contributed by atoms with Crippen molar-refractivity contribution < 1.29 is 14.6 Å². The van der Waals surface area contributed by atoms with Gasteiger partial charge in [-0.1, -0.05) is 6.07 Å². The van der Waals surface area contributed by atoms with E-state index in [-0.39, 0.29) is 5.41 Å². The van der Waals surface area contributed by atoms with E-state index in [1.54, 1.807) is 19.2 Å². The molecule has 18 heavy (non-hydrogen) atoms. The van der Waals surface area contributed by atoms with E-state index in [9.17, 15) is 5.11 Å². The summed E-state index contributed by atoms with van der Waals surface area (Å²) in [6, 6.07) is 5.39. The topological polar surface area (TPSA) is 77.6 Å². The summed E-state index contributed by atoms with van der Waals surface area (Å²) in [5, 5.41) is 10.6. The zero-order valence-electron chi connectivity index (χ0n) is 10.6. The first-order valence-electron chi connectivity index (χ1n) is 6.19. The number of hydrogen-bond donors (Lipinski definition) is 2. The van der Waals surface area contributed by atoms with Crippen LogP contribution in [0.2, 0.25) is 0 Å². The molecule has 0 saturated carbocycles. The van der Waals surface area contributed by atoms with E-state index in [1.807, 2.05) is 6.07 Å². The van der Waals surface area contributed by atoms with Crippen LogP contribution in [0.5, 0.6) is 5.88 Å². The molecule has 1 fully saturated rings. The van der Waals surface area contributed by atoms with E-state index in [2.05, 4.69) is 4.98 Å². The minimum absolute atomic E-state index is 0.336. The van der Waals surface area contributed by atoms with Crippen molar-refractivity contribution in [1.82, 2.24) is 4.98 Å². The van der Waals surface area contributed by atoms with Gasteiger partial charge < -0.3 is 20.3 Å². The lowest BCUT2D eigenvalue weighted by molar-refractivity contribution is -0.0599. The average Bonchev–Trinajstić information content (AvgIpc) is 2.47. The van der Waals surface area contributed by atoms with E-state index < -0.39 is 6.10 Å². The number of nitrogens with zero attached hydrogens (tertiary/aromatic N) is 1. The lowest BCUT2D eigenvalue weighted by Gasteiger charge is -2.39. The molecule has 1 aliphatic heterocycles. The molecular weight excluding hydrogens is 232 g/mol. The molecule has 1 saturated heterocycles. The molecule has 0 aromatic carbocycles. The Bertz CT molecular complexity index is 392. The zero-order chi connectivity index (χ0) is 13.0. The van der Waals surface area contributed by atoms with Gasteiger partial charge in [0.25, 0.3) is 0 Å². The van der Waals surface area contributed by atoms with Gasteiger partial charge in [-0.05, 0) is 18.9 Å². The van der Waals surface area contributed by atoms with Gasteiger partial charge in [-0.15, -0.1) is 0 Å². The molecule has 2 rings (SSSR count). The van der Waals surface area contributed by atoms with Crippen molar-refractivity contribution in [2.45, 2.75) is 18.9 Å². The van der Waals surface area contributed by atoms with E-state index in [0.29, 0.717) is 31.3 Å². The quantitative estimate of drug-likeness (QED) is 0.831. The molecule has 0 bridgehead atoms. The van der Waals surface area contributed by atoms with Crippen molar-refractivity contribution in [3.8, 4) is 5.88 Å². The van der Waals surface area contributed by atoms with Gasteiger partial charge in [0.2, 0.25) is 5.88 Å². The molecule has 0 radical (unpaired) electrons. The van der Waals surface area contributed by atoms with Crippen molar-refractivity contribution in [2.75, 3.05) is 26.9 Å². The Morgan fingerprint density at radius 2 is 2.22 bits per heavy atom. The summed E-state index contributed by atoms with van der Waals surface area (Å²) in [6.07, 6.45) is 0.828. The molecule has 0 spiro atoms. The Balaban J connectivity index is 2.24. The third kappa shape index (κ3) is 2.48. The van der Waals surface area contributed by atoms with Crippen molar-refractivity contribution in [3.05, 3.63) is 23.9 Å². The SMILES string of the molecule is COc1cccc(C(O)C2(CN)CCOCC2)n1. The molecule has 0 amide bonds. The van der Waals surface area contributed by atoms with Gasteiger partial charge in [-0.2, -0.15) is 0 Å². The molecule has 1 aliphatic rings. The first kappa shape index (κ1) is 13.3. The molecule has 1 aromatic rings. The van der Waals surface area contributed by atoms with Gasteiger partial charge in [-0.3, -0.25) is 0 Å². The Hall–Kier alpha value is -1.17. The van der Waals surface area contributed by atoms with Crippen LogP contribution in [-0.4, -0.2) is 37.0 Å². The summed E-state index contributed by atoms with van der Waals surface area (Å²) in [6.45, 7) is 1.70. The van der Waals surface area contributed by atoms with Crippen LogP contribution in [0.4, 0.5) is 0 Å². The fourth-order valence-corrected chi connectivity index (χ4v) is 2.38. The van der Waals surface area contributed by atoms with Gasteiger partial charge in [0.15, 0.2) is 0 Å². The molecule has 0 aliphatic carbocycles. The van der Waals surface area contributed by atoms with Crippen LogP contribution in [0.15, 0.2) is 18.2 Å². The summed E-state index contributed by atoms with van der Waals surface area (Å²) in [5.41, 5.74) is 6.15. The molecule has 5 nitrogen and oxygen atoms in total. The highest BCUT2D eigenvalue weighted by Gasteiger charge is 2.40. The van der Waals surface area contributed by atoms with E-state index >= 15 is 0 Å². The van der Waals surface area contributed by atoms with Crippen LogP contribution in [0.25, 0.3) is 0 Å². The van der Waals surface area contributed by atoms with Crippen molar-refractivity contribution in [3.63, 3.8) is 0 Å². The number of nitrogens with two attached hydrogens (primary N) is 1. The van der Waals surface area contributed by atoms with Crippen LogP contribution in [-0.2, 0) is 4.74 Å². The maximum absolute atomic E-state index is 10.6. The average molecular weight is 252 g/mol. The molecular formula is C13H20N2O3. The molecule has 1 unspecified atom stereocenters. The highest BCUT2D eigenvalue weighted by Crippen LogP contribution is 2.41. The fraction of sp³-hybridized carbons (Fsp3) is 0.615. The maximum atomic E-state index is 10.6. The Kier molecular flexibility index (Phi) is 4.16. The maximum Gasteiger partial charge on any atom is 0.213 e. The number of pyridine rings is 1. The minimum atomic E-state index is -0.679. The third-order valence-corrected chi connectivity index (χ3v) is 3.71. The van der Waals surface area contributed by atoms with Gasteiger partial charge in [-0.25, -0.2) is 4.98 Å². The molecule has 5 heteroatoms. The van der Waals surface area contributed by atoms with Crippen LogP contribution >= 0.6 is 0 Å². The van der Waals surface area contributed by atoms with Gasteiger partial charge in [0, 0.05) is 31.2 Å². The number of ether oxygens (including phenoxy) is 2. The van der Waals surface area contributed by atoms with E-state index in [1.165, 1.54) is 0 Å². The number of hydrogen-bond acceptors (Lipinski definition) is 5. The first-order chi connectivity index (χ1) is 8.72. The second kappa shape index (κ2) is 5.65. The Morgan fingerprint density at radius 3 is 2.83 bits per heavy atom. The largest absolute Gasteiger partial charge is 0.481 e. The number of aliphatic hydroxyl groups is 1. The highest BCUT2D eigenvalue weighted by atomic mass is 16.5. The summed E-state index contributed by atoms with van der Waals surface area (Å²) >= 11 is 0. The van der Waals surface area contributed by atoms with Gasteiger partial charge >= 0.3 is 0 Å². The van der Waals surface area contributed by atoms with Crippen LogP contribution in [0.1, 0.15) is 24.6 Å². The van der Waals surface area contributed by atoms with Gasteiger partial charge in [0.1, 0.15) is 6.10 Å². The normalized spacial score (nSPS) is 20.4. The summed E-state index contributed by atoms with van der Waals surface area (Å²) in [7, 11) is 1.56. The first-order valence-corrected chi connectivity index (χ1v) is 6.19.